The minimum absolute atomic E-state index is 0.0136. The van der Waals surface area contributed by atoms with Gasteiger partial charge in [0, 0.05) is 5.56 Å². The van der Waals surface area contributed by atoms with Crippen LogP contribution in [-0.2, 0) is 15.8 Å². The van der Waals surface area contributed by atoms with E-state index in [0.717, 1.165) is 12.1 Å². The van der Waals surface area contributed by atoms with Gasteiger partial charge < -0.3 is 9.57 Å². The molecule has 1 aliphatic heterocycles. The number of oxime groups is 1. The maximum atomic E-state index is 12.5. The Labute approximate surface area is 106 Å². The van der Waals surface area contributed by atoms with E-state index < -0.39 is 11.7 Å². The van der Waals surface area contributed by atoms with Crippen LogP contribution in [0.25, 0.3) is 0 Å². The maximum absolute atomic E-state index is 12.5. The van der Waals surface area contributed by atoms with Crippen molar-refractivity contribution in [1.82, 2.24) is 0 Å². The van der Waals surface area contributed by atoms with Gasteiger partial charge >= 0.3 is 6.18 Å². The SMILES string of the molecule is FC(F)(F)c1cccc(/C(Cl)=N/OCC2CO2)c1. The average Bonchev–Trinajstić information content (AvgIpc) is 3.12. The van der Waals surface area contributed by atoms with Gasteiger partial charge in [0.15, 0.2) is 5.17 Å². The van der Waals surface area contributed by atoms with Gasteiger partial charge in [0.2, 0.25) is 0 Å². The van der Waals surface area contributed by atoms with Crippen LogP contribution in [0.1, 0.15) is 11.1 Å². The molecule has 3 nitrogen and oxygen atoms in total. The second kappa shape index (κ2) is 5.16. The van der Waals surface area contributed by atoms with E-state index in [0.29, 0.717) is 6.61 Å². The first kappa shape index (κ1) is 13.2. The van der Waals surface area contributed by atoms with E-state index in [-0.39, 0.29) is 23.4 Å². The van der Waals surface area contributed by atoms with Crippen LogP contribution in [0.4, 0.5) is 13.2 Å². The molecule has 2 rings (SSSR count). The first-order valence-corrected chi connectivity index (χ1v) is 5.49. The van der Waals surface area contributed by atoms with Crippen LogP contribution in [0.15, 0.2) is 29.4 Å². The van der Waals surface area contributed by atoms with Gasteiger partial charge in [-0.3, -0.25) is 0 Å². The van der Waals surface area contributed by atoms with Crippen molar-refractivity contribution >= 4 is 16.8 Å². The average molecular weight is 280 g/mol. The lowest BCUT2D eigenvalue weighted by Gasteiger charge is -2.07. The van der Waals surface area contributed by atoms with Gasteiger partial charge in [-0.25, -0.2) is 0 Å². The molecule has 1 aliphatic rings. The summed E-state index contributed by atoms with van der Waals surface area (Å²) in [6.45, 7) is 0.853. The molecule has 1 unspecified atom stereocenters. The Morgan fingerprint density at radius 2 is 2.22 bits per heavy atom. The lowest BCUT2D eigenvalue weighted by molar-refractivity contribution is -0.137. The molecule has 1 aromatic carbocycles. The summed E-state index contributed by atoms with van der Waals surface area (Å²) >= 11 is 5.75. The van der Waals surface area contributed by atoms with Crippen molar-refractivity contribution in [1.29, 1.82) is 0 Å². The Morgan fingerprint density at radius 1 is 1.50 bits per heavy atom. The van der Waals surface area contributed by atoms with Gasteiger partial charge in [-0.1, -0.05) is 28.9 Å². The summed E-state index contributed by atoms with van der Waals surface area (Å²) in [5.74, 6) is 0. The monoisotopic (exact) mass is 279 g/mol. The maximum Gasteiger partial charge on any atom is 0.416 e. The number of nitrogens with zero attached hydrogens (tertiary/aromatic N) is 1. The predicted octanol–water partition coefficient (Wildman–Crippen LogP) is 3.02. The largest absolute Gasteiger partial charge is 0.416 e. The molecule has 18 heavy (non-hydrogen) atoms. The normalized spacial score (nSPS) is 19.8. The molecule has 1 aromatic rings. The molecule has 0 radical (unpaired) electrons. The molecule has 98 valence electrons. The Hall–Kier alpha value is -1.27. The fraction of sp³-hybridized carbons (Fsp3) is 0.364. The predicted molar refractivity (Wildman–Crippen MR) is 59.5 cm³/mol. The molecule has 1 heterocycles. The van der Waals surface area contributed by atoms with Gasteiger partial charge in [0.1, 0.15) is 12.7 Å². The molecule has 1 saturated heterocycles. The molecule has 0 aliphatic carbocycles. The van der Waals surface area contributed by atoms with Crippen molar-refractivity contribution < 1.29 is 22.7 Å². The topological polar surface area (TPSA) is 34.1 Å². The molecule has 0 spiro atoms. The zero-order chi connectivity index (χ0) is 13.2. The van der Waals surface area contributed by atoms with Gasteiger partial charge in [0.05, 0.1) is 12.2 Å². The smallest absolute Gasteiger partial charge is 0.392 e. The fourth-order valence-corrected chi connectivity index (χ4v) is 1.38. The molecule has 1 fully saturated rings. The number of alkyl halides is 3. The highest BCUT2D eigenvalue weighted by Crippen LogP contribution is 2.29. The van der Waals surface area contributed by atoms with Crippen LogP contribution in [0.2, 0.25) is 0 Å². The van der Waals surface area contributed by atoms with E-state index in [2.05, 4.69) is 5.16 Å². The van der Waals surface area contributed by atoms with Crippen LogP contribution in [-0.4, -0.2) is 24.5 Å². The second-order valence-electron chi connectivity index (χ2n) is 3.71. The van der Waals surface area contributed by atoms with Crippen LogP contribution >= 0.6 is 11.6 Å². The Morgan fingerprint density at radius 3 is 2.83 bits per heavy atom. The zero-order valence-corrected chi connectivity index (χ0v) is 9.83. The molecular formula is C11H9ClF3NO2. The van der Waals surface area contributed by atoms with Crippen LogP contribution in [0.3, 0.4) is 0 Å². The van der Waals surface area contributed by atoms with Crippen LogP contribution in [0, 0.1) is 0 Å². The summed E-state index contributed by atoms with van der Waals surface area (Å²) in [6.07, 6.45) is -4.39. The number of hydrogen-bond acceptors (Lipinski definition) is 3. The molecule has 0 bridgehead atoms. The zero-order valence-electron chi connectivity index (χ0n) is 9.08. The van der Waals surface area contributed by atoms with E-state index in [9.17, 15) is 13.2 Å². The number of benzene rings is 1. The summed E-state index contributed by atoms with van der Waals surface area (Å²) in [4.78, 5) is 4.85. The van der Waals surface area contributed by atoms with E-state index in [1.165, 1.54) is 12.1 Å². The molecule has 1 atom stereocenters. The van der Waals surface area contributed by atoms with Crippen molar-refractivity contribution in [2.45, 2.75) is 12.3 Å². The number of rotatable bonds is 4. The number of ether oxygens (including phenoxy) is 1. The van der Waals surface area contributed by atoms with E-state index >= 15 is 0 Å². The van der Waals surface area contributed by atoms with Gasteiger partial charge in [0.25, 0.3) is 0 Å². The molecule has 0 amide bonds. The molecular weight excluding hydrogens is 271 g/mol. The third kappa shape index (κ3) is 3.61. The third-order valence-electron chi connectivity index (χ3n) is 2.24. The highest BCUT2D eigenvalue weighted by molar-refractivity contribution is 6.69. The van der Waals surface area contributed by atoms with Crippen LogP contribution < -0.4 is 0 Å². The van der Waals surface area contributed by atoms with Crippen LogP contribution in [0.5, 0.6) is 0 Å². The molecule has 0 aromatic heterocycles. The Bertz CT molecular complexity index is 458. The highest BCUT2D eigenvalue weighted by Gasteiger charge is 2.30. The summed E-state index contributed by atoms with van der Waals surface area (Å²) < 4.78 is 42.3. The van der Waals surface area contributed by atoms with Crippen molar-refractivity contribution in [3.63, 3.8) is 0 Å². The molecule has 7 heteroatoms. The van der Waals surface area contributed by atoms with E-state index in [1.54, 1.807) is 0 Å². The summed E-state index contributed by atoms with van der Waals surface area (Å²) in [7, 11) is 0. The van der Waals surface area contributed by atoms with Gasteiger partial charge in [-0.05, 0) is 12.1 Å². The minimum atomic E-state index is -4.41. The number of epoxide rings is 1. The van der Waals surface area contributed by atoms with E-state index in [4.69, 9.17) is 21.2 Å². The quantitative estimate of drug-likeness (QED) is 0.482. The first-order chi connectivity index (χ1) is 8.47. The Kier molecular flexibility index (Phi) is 3.77. The van der Waals surface area contributed by atoms with E-state index in [1.807, 2.05) is 0 Å². The molecule has 0 N–H and O–H groups in total. The lowest BCUT2D eigenvalue weighted by atomic mass is 10.1. The van der Waals surface area contributed by atoms with Crippen molar-refractivity contribution in [3.05, 3.63) is 35.4 Å². The fourth-order valence-electron chi connectivity index (χ4n) is 1.22. The summed E-state index contributed by atoms with van der Waals surface area (Å²) in [6, 6.07) is 4.58. The first-order valence-electron chi connectivity index (χ1n) is 5.11. The standard InChI is InChI=1S/C11H9ClF3NO2/c12-10(16-18-6-9-5-17-9)7-2-1-3-8(4-7)11(13,14)15/h1-4,9H,5-6H2/b16-10-. The minimum Gasteiger partial charge on any atom is -0.392 e. The Balaban J connectivity index is 2.06. The van der Waals surface area contributed by atoms with Gasteiger partial charge in [-0.15, -0.1) is 0 Å². The van der Waals surface area contributed by atoms with Crippen molar-refractivity contribution in [3.8, 4) is 0 Å². The molecule has 0 saturated carbocycles. The number of hydrogen-bond donors (Lipinski definition) is 0. The third-order valence-corrected chi connectivity index (χ3v) is 2.52. The summed E-state index contributed by atoms with van der Waals surface area (Å²) in [5, 5.41) is 3.41. The highest BCUT2D eigenvalue weighted by atomic mass is 35.5. The second-order valence-corrected chi connectivity index (χ2v) is 4.07. The van der Waals surface area contributed by atoms with Crippen molar-refractivity contribution in [2.24, 2.45) is 5.16 Å². The summed E-state index contributed by atoms with van der Waals surface area (Å²) in [5.41, 5.74) is -0.623. The number of halogens is 4. The lowest BCUT2D eigenvalue weighted by Crippen LogP contribution is -2.06. The van der Waals surface area contributed by atoms with Gasteiger partial charge in [-0.2, -0.15) is 13.2 Å². The van der Waals surface area contributed by atoms with Crippen molar-refractivity contribution in [2.75, 3.05) is 13.2 Å².